The summed E-state index contributed by atoms with van der Waals surface area (Å²) in [6.45, 7) is 3.45. The highest BCUT2D eigenvalue weighted by Crippen LogP contribution is 2.37. The molecular formula is C9H12BrNS2. The predicted molar refractivity (Wildman–Crippen MR) is 64.4 cm³/mol. The van der Waals surface area contributed by atoms with Crippen molar-refractivity contribution in [2.24, 2.45) is 0 Å². The number of hydrogen-bond acceptors (Lipinski definition) is 3. The molecule has 13 heavy (non-hydrogen) atoms. The van der Waals surface area contributed by atoms with Gasteiger partial charge in [0.05, 0.1) is 5.37 Å². The molecule has 1 aliphatic rings. The summed E-state index contributed by atoms with van der Waals surface area (Å²) in [5.74, 6) is 0. The Balaban J connectivity index is 2.08. The van der Waals surface area contributed by atoms with Gasteiger partial charge in [-0.05, 0) is 35.0 Å². The van der Waals surface area contributed by atoms with Crippen molar-refractivity contribution in [1.82, 2.24) is 5.32 Å². The fourth-order valence-corrected chi connectivity index (χ4v) is 4.26. The molecule has 4 heteroatoms. The topological polar surface area (TPSA) is 12.0 Å². The normalized spacial score (nSPS) is 29.1. The molecule has 1 N–H and O–H groups in total. The smallest absolute Gasteiger partial charge is 0.0885 e. The first-order chi connectivity index (χ1) is 6.25. The fourth-order valence-electron chi connectivity index (χ4n) is 1.40. The van der Waals surface area contributed by atoms with Crippen LogP contribution in [-0.2, 0) is 0 Å². The van der Waals surface area contributed by atoms with Crippen molar-refractivity contribution in [3.8, 4) is 0 Å². The van der Waals surface area contributed by atoms with Gasteiger partial charge in [0.25, 0.3) is 0 Å². The molecular weight excluding hydrogens is 266 g/mol. The van der Waals surface area contributed by atoms with Crippen LogP contribution >= 0.6 is 39.0 Å². The Bertz CT molecular complexity index is 287. The average molecular weight is 278 g/mol. The molecule has 2 rings (SSSR count). The molecule has 2 unspecified atom stereocenters. The SMILES string of the molecule is CC1CCNC(c2cc(Br)cs2)S1. The van der Waals surface area contributed by atoms with Gasteiger partial charge >= 0.3 is 0 Å². The summed E-state index contributed by atoms with van der Waals surface area (Å²) in [5, 5.41) is 6.98. The number of nitrogens with one attached hydrogen (secondary N) is 1. The van der Waals surface area contributed by atoms with Crippen molar-refractivity contribution in [2.45, 2.75) is 24.0 Å². The number of rotatable bonds is 1. The van der Waals surface area contributed by atoms with E-state index in [1.165, 1.54) is 15.8 Å². The Labute approximate surface area is 95.4 Å². The fraction of sp³-hybridized carbons (Fsp3) is 0.556. The Morgan fingerprint density at radius 3 is 3.08 bits per heavy atom. The highest BCUT2D eigenvalue weighted by atomic mass is 79.9. The first-order valence-corrected chi connectivity index (χ1v) is 7.00. The molecule has 2 heterocycles. The predicted octanol–water partition coefficient (Wildman–Crippen LogP) is 3.62. The van der Waals surface area contributed by atoms with Gasteiger partial charge in [-0.3, -0.25) is 0 Å². The van der Waals surface area contributed by atoms with Crippen molar-refractivity contribution < 1.29 is 0 Å². The molecule has 72 valence electrons. The summed E-state index contributed by atoms with van der Waals surface area (Å²) in [7, 11) is 0. The first kappa shape index (κ1) is 10.0. The van der Waals surface area contributed by atoms with Crippen molar-refractivity contribution in [3.05, 3.63) is 20.8 Å². The maximum absolute atomic E-state index is 3.53. The van der Waals surface area contributed by atoms with Crippen LogP contribution in [0.5, 0.6) is 0 Å². The molecule has 1 saturated heterocycles. The van der Waals surface area contributed by atoms with Crippen LogP contribution in [0.1, 0.15) is 23.6 Å². The second-order valence-corrected chi connectivity index (χ2v) is 6.64. The van der Waals surface area contributed by atoms with Gasteiger partial charge in [-0.2, -0.15) is 0 Å². The minimum absolute atomic E-state index is 0.514. The number of thiophene rings is 1. The summed E-state index contributed by atoms with van der Waals surface area (Å²) >= 11 is 7.35. The van der Waals surface area contributed by atoms with Gasteiger partial charge in [-0.25, -0.2) is 0 Å². The first-order valence-electron chi connectivity index (χ1n) is 4.38. The van der Waals surface area contributed by atoms with Crippen LogP contribution in [0.15, 0.2) is 15.9 Å². The quantitative estimate of drug-likeness (QED) is 0.842. The second kappa shape index (κ2) is 4.34. The Morgan fingerprint density at radius 2 is 2.46 bits per heavy atom. The summed E-state index contributed by atoms with van der Waals surface area (Å²) in [6, 6.07) is 2.22. The highest BCUT2D eigenvalue weighted by Gasteiger charge is 2.21. The summed E-state index contributed by atoms with van der Waals surface area (Å²) in [5.41, 5.74) is 0. The minimum Gasteiger partial charge on any atom is -0.301 e. The van der Waals surface area contributed by atoms with Crippen LogP contribution in [0, 0.1) is 0 Å². The van der Waals surface area contributed by atoms with E-state index in [9.17, 15) is 0 Å². The molecule has 0 radical (unpaired) electrons. The van der Waals surface area contributed by atoms with E-state index in [0.717, 1.165) is 11.8 Å². The molecule has 1 aromatic rings. The van der Waals surface area contributed by atoms with Gasteiger partial charge in [0.1, 0.15) is 0 Å². The van der Waals surface area contributed by atoms with E-state index in [-0.39, 0.29) is 0 Å². The van der Waals surface area contributed by atoms with E-state index in [0.29, 0.717) is 5.37 Å². The van der Waals surface area contributed by atoms with E-state index in [1.54, 1.807) is 0 Å². The van der Waals surface area contributed by atoms with Crippen LogP contribution in [0.3, 0.4) is 0 Å². The zero-order valence-corrected chi connectivity index (χ0v) is 10.6. The lowest BCUT2D eigenvalue weighted by atomic mass is 10.3. The Morgan fingerprint density at radius 1 is 1.62 bits per heavy atom. The van der Waals surface area contributed by atoms with Crippen LogP contribution in [0.2, 0.25) is 0 Å². The van der Waals surface area contributed by atoms with Crippen molar-refractivity contribution in [2.75, 3.05) is 6.54 Å². The maximum atomic E-state index is 3.53. The van der Waals surface area contributed by atoms with Crippen LogP contribution in [-0.4, -0.2) is 11.8 Å². The largest absolute Gasteiger partial charge is 0.301 e. The van der Waals surface area contributed by atoms with Gasteiger partial charge in [0, 0.05) is 20.0 Å². The van der Waals surface area contributed by atoms with E-state index < -0.39 is 0 Å². The van der Waals surface area contributed by atoms with Crippen molar-refractivity contribution >= 4 is 39.0 Å². The van der Waals surface area contributed by atoms with Gasteiger partial charge < -0.3 is 5.32 Å². The Kier molecular flexibility index (Phi) is 3.35. The summed E-state index contributed by atoms with van der Waals surface area (Å²) in [4.78, 5) is 1.43. The van der Waals surface area contributed by atoms with Gasteiger partial charge in [-0.15, -0.1) is 23.1 Å². The lowest BCUT2D eigenvalue weighted by Crippen LogP contribution is -2.28. The third-order valence-electron chi connectivity index (χ3n) is 2.10. The van der Waals surface area contributed by atoms with Crippen LogP contribution < -0.4 is 5.32 Å². The standard InChI is InChI=1S/C9H12BrNS2/c1-6-2-3-11-9(13-6)8-4-7(10)5-12-8/h4-6,9,11H,2-3H2,1H3. The molecule has 1 fully saturated rings. The molecule has 0 amide bonds. The second-order valence-electron chi connectivity index (χ2n) is 3.24. The molecule has 0 aromatic carbocycles. The number of halogens is 1. The monoisotopic (exact) mass is 277 g/mol. The third kappa shape index (κ3) is 2.49. The van der Waals surface area contributed by atoms with Gasteiger partial charge in [0.15, 0.2) is 0 Å². The number of thioether (sulfide) groups is 1. The van der Waals surface area contributed by atoms with E-state index in [4.69, 9.17) is 0 Å². The van der Waals surface area contributed by atoms with Crippen molar-refractivity contribution in [1.29, 1.82) is 0 Å². The lowest BCUT2D eigenvalue weighted by molar-refractivity contribution is 0.610. The van der Waals surface area contributed by atoms with Crippen LogP contribution in [0.4, 0.5) is 0 Å². The molecule has 1 nitrogen and oxygen atoms in total. The van der Waals surface area contributed by atoms with Crippen LogP contribution in [0.25, 0.3) is 0 Å². The third-order valence-corrected chi connectivity index (χ3v) is 5.40. The number of hydrogen-bond donors (Lipinski definition) is 1. The maximum Gasteiger partial charge on any atom is 0.0885 e. The van der Waals surface area contributed by atoms with E-state index >= 15 is 0 Å². The summed E-state index contributed by atoms with van der Waals surface area (Å²) < 4.78 is 1.20. The van der Waals surface area contributed by atoms with Gasteiger partial charge in [-0.1, -0.05) is 6.92 Å². The highest BCUT2D eigenvalue weighted by molar-refractivity contribution is 9.10. The summed E-state index contributed by atoms with van der Waals surface area (Å²) in [6.07, 6.45) is 1.29. The molecule has 2 atom stereocenters. The van der Waals surface area contributed by atoms with Gasteiger partial charge in [0.2, 0.25) is 0 Å². The minimum atomic E-state index is 0.514. The molecule has 1 aliphatic heterocycles. The van der Waals surface area contributed by atoms with E-state index in [1.807, 2.05) is 23.1 Å². The zero-order chi connectivity index (χ0) is 9.26. The molecule has 0 spiro atoms. The molecule has 0 aliphatic carbocycles. The zero-order valence-electron chi connectivity index (χ0n) is 7.42. The van der Waals surface area contributed by atoms with E-state index in [2.05, 4.69) is 39.6 Å². The lowest BCUT2D eigenvalue weighted by Gasteiger charge is -2.26. The molecule has 0 bridgehead atoms. The van der Waals surface area contributed by atoms with Crippen molar-refractivity contribution in [3.63, 3.8) is 0 Å². The molecule has 1 aromatic heterocycles. The average Bonchev–Trinajstić information content (AvgIpc) is 2.52. The molecule has 0 saturated carbocycles. The Hall–Kier alpha value is 0.490.